The molecule has 0 aromatic heterocycles. The van der Waals surface area contributed by atoms with E-state index in [0.717, 1.165) is 45.6 Å². The Morgan fingerprint density at radius 3 is 2.31 bits per heavy atom. The number of rotatable bonds is 4. The average Bonchev–Trinajstić information content (AvgIpc) is 3.17. The summed E-state index contributed by atoms with van der Waals surface area (Å²) in [5, 5.41) is 3.56. The van der Waals surface area contributed by atoms with Crippen LogP contribution in [-0.4, -0.2) is 19.8 Å². The van der Waals surface area contributed by atoms with Gasteiger partial charge in [-0.2, -0.15) is 13.2 Å². The Morgan fingerprint density at radius 1 is 0.914 bits per heavy atom. The number of hydrogen-bond acceptors (Lipinski definition) is 4. The summed E-state index contributed by atoms with van der Waals surface area (Å²) in [7, 11) is 3.12. The lowest BCUT2D eigenvalue weighted by Crippen LogP contribution is -2.33. The summed E-state index contributed by atoms with van der Waals surface area (Å²) in [5.41, 5.74) is 6.02. The van der Waals surface area contributed by atoms with Crippen LogP contribution in [0.15, 0.2) is 54.6 Å². The Hall–Kier alpha value is -3.61. The van der Waals surface area contributed by atoms with Gasteiger partial charge in [0.25, 0.3) is 0 Å². The van der Waals surface area contributed by atoms with E-state index in [4.69, 9.17) is 9.47 Å². The van der Waals surface area contributed by atoms with Crippen LogP contribution in [0.25, 0.3) is 16.8 Å². The molecule has 1 N–H and O–H groups in total. The van der Waals surface area contributed by atoms with Crippen LogP contribution in [0.5, 0.6) is 11.5 Å². The minimum atomic E-state index is -4.45. The molecule has 182 valence electrons. The largest absolute Gasteiger partial charge is 0.496 e. The third-order valence-electron chi connectivity index (χ3n) is 6.57. The molecular formula is C28H27F3N2O2. The van der Waals surface area contributed by atoms with E-state index in [1.165, 1.54) is 19.2 Å². The monoisotopic (exact) mass is 480 g/mol. The van der Waals surface area contributed by atoms with E-state index >= 15 is 0 Å². The number of aryl methyl sites for hydroxylation is 1. The number of nitrogens with zero attached hydrogens (tertiary/aromatic N) is 1. The first-order chi connectivity index (χ1) is 16.5. The molecule has 0 bridgehead atoms. The van der Waals surface area contributed by atoms with Crippen molar-refractivity contribution in [2.45, 2.75) is 39.0 Å². The highest BCUT2D eigenvalue weighted by molar-refractivity contribution is 5.98. The molecule has 3 aromatic carbocycles. The molecule has 0 fully saturated rings. The van der Waals surface area contributed by atoms with Crippen molar-refractivity contribution in [2.24, 2.45) is 0 Å². The Kier molecular flexibility index (Phi) is 5.27. The van der Waals surface area contributed by atoms with Crippen LogP contribution in [-0.2, 0) is 12.7 Å². The van der Waals surface area contributed by atoms with E-state index in [1.54, 1.807) is 7.11 Å². The Morgan fingerprint density at radius 2 is 1.63 bits per heavy atom. The van der Waals surface area contributed by atoms with Crippen LogP contribution in [0.2, 0.25) is 0 Å². The fourth-order valence-corrected chi connectivity index (χ4v) is 5.04. The quantitative estimate of drug-likeness (QED) is 0.426. The minimum absolute atomic E-state index is 0.311. The van der Waals surface area contributed by atoms with E-state index < -0.39 is 11.7 Å². The van der Waals surface area contributed by atoms with Gasteiger partial charge in [-0.15, -0.1) is 0 Å². The number of alkyl halides is 3. The molecule has 0 radical (unpaired) electrons. The molecule has 5 rings (SSSR count). The van der Waals surface area contributed by atoms with Crippen LogP contribution in [0.1, 0.15) is 36.1 Å². The van der Waals surface area contributed by atoms with Crippen molar-refractivity contribution >= 4 is 17.1 Å². The number of methoxy groups -OCH3 is 2. The first-order valence-electron chi connectivity index (χ1n) is 11.4. The Bertz CT molecular complexity index is 1360. The van der Waals surface area contributed by atoms with E-state index in [2.05, 4.69) is 36.2 Å². The Labute approximate surface area is 203 Å². The van der Waals surface area contributed by atoms with Crippen molar-refractivity contribution in [1.29, 1.82) is 0 Å². The smallest absolute Gasteiger partial charge is 0.416 e. The number of hydrogen-bond donors (Lipinski definition) is 1. The molecule has 3 aromatic rings. The second kappa shape index (κ2) is 7.97. The third-order valence-corrected chi connectivity index (χ3v) is 6.57. The van der Waals surface area contributed by atoms with Gasteiger partial charge in [0.15, 0.2) is 0 Å². The fourth-order valence-electron chi connectivity index (χ4n) is 5.04. The lowest BCUT2D eigenvalue weighted by molar-refractivity contribution is -0.137. The SMILES string of the molecule is COc1ccc(C(F)(F)F)cc1-c1ccc2c3c1CN(c1cc(C)ccc1OC)C3=CC(C)(C)N2. The lowest BCUT2D eigenvalue weighted by Gasteiger charge is -2.34. The van der Waals surface area contributed by atoms with E-state index in [0.29, 0.717) is 23.4 Å². The number of anilines is 2. The molecule has 0 saturated heterocycles. The summed E-state index contributed by atoms with van der Waals surface area (Å²) in [5.74, 6) is 1.14. The summed E-state index contributed by atoms with van der Waals surface area (Å²) < 4.78 is 51.9. The van der Waals surface area contributed by atoms with Gasteiger partial charge in [-0.25, -0.2) is 0 Å². The summed E-state index contributed by atoms with van der Waals surface area (Å²) in [6.45, 7) is 6.70. The zero-order valence-electron chi connectivity index (χ0n) is 20.3. The van der Waals surface area contributed by atoms with Gasteiger partial charge >= 0.3 is 6.18 Å². The number of halogens is 3. The van der Waals surface area contributed by atoms with Crippen molar-refractivity contribution in [3.05, 3.63) is 76.9 Å². The molecule has 0 spiro atoms. The minimum Gasteiger partial charge on any atom is -0.496 e. The van der Waals surface area contributed by atoms with Crippen molar-refractivity contribution in [3.63, 3.8) is 0 Å². The van der Waals surface area contributed by atoms with Crippen molar-refractivity contribution in [3.8, 4) is 22.6 Å². The first-order valence-corrected chi connectivity index (χ1v) is 11.4. The maximum atomic E-state index is 13.6. The average molecular weight is 481 g/mol. The summed E-state index contributed by atoms with van der Waals surface area (Å²) in [6, 6.07) is 13.5. The predicted octanol–water partition coefficient (Wildman–Crippen LogP) is 7.26. The standard InChI is InChI=1S/C28H27F3N2O2/c1-16-6-10-25(35-5)22(12-16)33-15-20-18(8-9-21-26(20)23(33)14-27(2,3)32-21)19-13-17(28(29,30)31)7-11-24(19)34-4/h6-14,32H,15H2,1-5H3. The van der Waals surface area contributed by atoms with Gasteiger partial charge in [-0.3, -0.25) is 0 Å². The van der Waals surface area contributed by atoms with Gasteiger partial charge in [0.1, 0.15) is 11.5 Å². The molecule has 35 heavy (non-hydrogen) atoms. The van der Waals surface area contributed by atoms with Crippen LogP contribution in [0.4, 0.5) is 24.5 Å². The van der Waals surface area contributed by atoms with Crippen molar-refractivity contribution in [1.82, 2.24) is 0 Å². The van der Waals surface area contributed by atoms with Crippen LogP contribution < -0.4 is 19.7 Å². The summed E-state index contributed by atoms with van der Waals surface area (Å²) >= 11 is 0. The first kappa shape index (κ1) is 23.1. The molecule has 0 amide bonds. The Balaban J connectivity index is 1.75. The fraction of sp³-hybridized carbons (Fsp3) is 0.286. The van der Waals surface area contributed by atoms with Crippen molar-refractivity contribution in [2.75, 3.05) is 24.4 Å². The van der Waals surface area contributed by atoms with Gasteiger partial charge in [0, 0.05) is 29.1 Å². The highest BCUT2D eigenvalue weighted by atomic mass is 19.4. The molecule has 0 saturated carbocycles. The number of benzene rings is 3. The van der Waals surface area contributed by atoms with Gasteiger partial charge in [0.05, 0.1) is 31.0 Å². The highest BCUT2D eigenvalue weighted by Crippen LogP contribution is 2.51. The summed E-state index contributed by atoms with van der Waals surface area (Å²) in [4.78, 5) is 2.19. The highest BCUT2D eigenvalue weighted by Gasteiger charge is 2.38. The van der Waals surface area contributed by atoms with Gasteiger partial charge in [0.2, 0.25) is 0 Å². The molecule has 0 atom stereocenters. The summed E-state index contributed by atoms with van der Waals surface area (Å²) in [6.07, 6.45) is -2.28. The van der Waals surface area contributed by atoms with Gasteiger partial charge in [-0.1, -0.05) is 12.1 Å². The zero-order chi connectivity index (χ0) is 25.1. The number of nitrogens with one attached hydrogen (secondary N) is 1. The second-order valence-corrected chi connectivity index (χ2v) is 9.56. The topological polar surface area (TPSA) is 33.7 Å². The van der Waals surface area contributed by atoms with Crippen LogP contribution in [0.3, 0.4) is 0 Å². The molecule has 4 nitrogen and oxygen atoms in total. The molecule has 2 aliphatic heterocycles. The molecule has 0 unspecified atom stereocenters. The second-order valence-electron chi connectivity index (χ2n) is 9.56. The van der Waals surface area contributed by atoms with Gasteiger partial charge < -0.3 is 19.7 Å². The third kappa shape index (κ3) is 3.89. The number of ether oxygens (including phenoxy) is 2. The maximum Gasteiger partial charge on any atom is 0.416 e. The molecule has 2 aliphatic rings. The van der Waals surface area contributed by atoms with Crippen LogP contribution in [0, 0.1) is 6.92 Å². The van der Waals surface area contributed by atoms with E-state index in [9.17, 15) is 13.2 Å². The molecule has 0 aliphatic carbocycles. The lowest BCUT2D eigenvalue weighted by atomic mass is 9.89. The predicted molar refractivity (Wildman–Crippen MR) is 133 cm³/mol. The maximum absolute atomic E-state index is 13.6. The van der Waals surface area contributed by atoms with Gasteiger partial charge in [-0.05, 0) is 79.9 Å². The van der Waals surface area contributed by atoms with Crippen molar-refractivity contribution < 1.29 is 22.6 Å². The normalized spacial score (nSPS) is 15.9. The van der Waals surface area contributed by atoms with E-state index in [1.807, 2.05) is 31.2 Å². The molecule has 7 heteroatoms. The molecule has 2 heterocycles. The van der Waals surface area contributed by atoms with E-state index in [-0.39, 0.29) is 5.54 Å². The zero-order valence-corrected chi connectivity index (χ0v) is 20.3. The molecular weight excluding hydrogens is 453 g/mol. The van der Waals surface area contributed by atoms with Crippen LogP contribution >= 0.6 is 0 Å².